The van der Waals surface area contributed by atoms with Crippen LogP contribution in [-0.2, 0) is 16.2 Å². The molecule has 0 atom stereocenters. The fraction of sp³-hybridized carbons (Fsp3) is 0.129. The summed E-state index contributed by atoms with van der Waals surface area (Å²) >= 11 is 0.817. The number of nitrogens with one attached hydrogen (secondary N) is 1. The van der Waals surface area contributed by atoms with E-state index >= 15 is 0 Å². The summed E-state index contributed by atoms with van der Waals surface area (Å²) in [6, 6.07) is 27.1. The predicted octanol–water partition coefficient (Wildman–Crippen LogP) is 6.71. The van der Waals surface area contributed by atoms with Crippen LogP contribution in [0.15, 0.2) is 89.8 Å². The highest BCUT2D eigenvalue weighted by molar-refractivity contribution is 8.18. The molecule has 0 radical (unpaired) electrons. The van der Waals surface area contributed by atoms with Gasteiger partial charge in [-0.3, -0.25) is 19.3 Å². The molecule has 38 heavy (non-hydrogen) atoms. The van der Waals surface area contributed by atoms with Crippen LogP contribution in [-0.4, -0.2) is 28.5 Å². The Kier molecular flexibility index (Phi) is 7.29. The Morgan fingerprint density at radius 1 is 0.921 bits per heavy atom. The lowest BCUT2D eigenvalue weighted by atomic mass is 10.1. The van der Waals surface area contributed by atoms with Crippen LogP contribution in [0.3, 0.4) is 0 Å². The SMILES string of the molecule is Cc1ccc(NC(=O)CN2C(=O)S/C(=C\c3ccccc3OCc3cccc4ccccc34)C2=O)cc1C. The molecule has 1 aliphatic rings. The smallest absolute Gasteiger partial charge is 0.294 e. The van der Waals surface area contributed by atoms with Crippen molar-refractivity contribution in [1.82, 2.24) is 4.90 Å². The van der Waals surface area contributed by atoms with Crippen molar-refractivity contribution in [2.24, 2.45) is 0 Å². The van der Waals surface area contributed by atoms with Gasteiger partial charge in [0.05, 0.1) is 4.91 Å². The first-order valence-corrected chi connectivity index (χ1v) is 13.0. The molecule has 1 heterocycles. The van der Waals surface area contributed by atoms with Gasteiger partial charge in [0, 0.05) is 11.3 Å². The Balaban J connectivity index is 1.29. The van der Waals surface area contributed by atoms with Crippen LogP contribution < -0.4 is 10.1 Å². The van der Waals surface area contributed by atoms with Gasteiger partial charge in [-0.2, -0.15) is 0 Å². The number of benzene rings is 4. The fourth-order valence-corrected chi connectivity index (χ4v) is 5.08. The molecule has 1 fully saturated rings. The molecule has 0 spiro atoms. The molecule has 5 rings (SSSR count). The summed E-state index contributed by atoms with van der Waals surface area (Å²) in [5, 5.41) is 4.54. The average molecular weight is 523 g/mol. The van der Waals surface area contributed by atoms with Gasteiger partial charge in [0.15, 0.2) is 0 Å². The lowest BCUT2D eigenvalue weighted by molar-refractivity contribution is -0.127. The number of hydrogen-bond donors (Lipinski definition) is 1. The molecule has 190 valence electrons. The van der Waals surface area contributed by atoms with Crippen molar-refractivity contribution in [2.75, 3.05) is 11.9 Å². The standard InChI is InChI=1S/C31H26N2O4S/c1-20-14-15-25(16-21(20)2)32-29(34)18-33-30(35)28(38-31(33)36)17-23-9-4-6-13-27(23)37-19-24-11-7-10-22-8-3-5-12-26(22)24/h3-17H,18-19H2,1-2H3,(H,32,34)/b28-17-. The minimum Gasteiger partial charge on any atom is -0.488 e. The minimum absolute atomic E-state index is 0.246. The highest BCUT2D eigenvalue weighted by atomic mass is 32.2. The number of carbonyl (C=O) groups excluding carboxylic acids is 3. The van der Waals surface area contributed by atoms with Crippen molar-refractivity contribution in [3.8, 4) is 5.75 Å². The molecule has 1 saturated heterocycles. The van der Waals surface area contributed by atoms with Gasteiger partial charge in [-0.1, -0.05) is 66.7 Å². The lowest BCUT2D eigenvalue weighted by Crippen LogP contribution is -2.36. The summed E-state index contributed by atoms with van der Waals surface area (Å²) in [4.78, 5) is 39.4. The number of anilines is 1. The van der Waals surface area contributed by atoms with Crippen molar-refractivity contribution in [3.63, 3.8) is 0 Å². The quantitative estimate of drug-likeness (QED) is 0.273. The van der Waals surface area contributed by atoms with Crippen LogP contribution in [0.2, 0.25) is 0 Å². The number of para-hydroxylation sites is 1. The number of fused-ring (bicyclic) bond motifs is 1. The van der Waals surface area contributed by atoms with Crippen LogP contribution in [0.4, 0.5) is 10.5 Å². The molecule has 3 amide bonds. The largest absolute Gasteiger partial charge is 0.488 e. The Bertz CT molecular complexity index is 1590. The summed E-state index contributed by atoms with van der Waals surface area (Å²) in [5.41, 5.74) is 4.50. The van der Waals surface area contributed by atoms with E-state index in [1.807, 2.05) is 74.5 Å². The topological polar surface area (TPSA) is 75.7 Å². The van der Waals surface area contributed by atoms with Crippen LogP contribution in [0, 0.1) is 13.8 Å². The van der Waals surface area contributed by atoms with E-state index in [0.717, 1.165) is 44.1 Å². The maximum absolute atomic E-state index is 13.0. The molecule has 6 nitrogen and oxygen atoms in total. The van der Waals surface area contributed by atoms with Crippen LogP contribution >= 0.6 is 11.8 Å². The number of rotatable bonds is 7. The molecule has 0 aromatic heterocycles. The van der Waals surface area contributed by atoms with Gasteiger partial charge >= 0.3 is 0 Å². The maximum Gasteiger partial charge on any atom is 0.294 e. The number of amides is 3. The molecule has 4 aromatic carbocycles. The molecule has 0 bridgehead atoms. The molecule has 7 heteroatoms. The van der Waals surface area contributed by atoms with Crippen molar-refractivity contribution in [2.45, 2.75) is 20.5 Å². The van der Waals surface area contributed by atoms with E-state index in [4.69, 9.17) is 4.74 Å². The van der Waals surface area contributed by atoms with E-state index in [-0.39, 0.29) is 11.4 Å². The first-order valence-electron chi connectivity index (χ1n) is 12.2. The highest BCUT2D eigenvalue weighted by Gasteiger charge is 2.36. The van der Waals surface area contributed by atoms with Crippen molar-refractivity contribution >= 4 is 51.4 Å². The second kappa shape index (κ2) is 10.9. The predicted molar refractivity (Wildman–Crippen MR) is 152 cm³/mol. The summed E-state index contributed by atoms with van der Waals surface area (Å²) in [6.07, 6.45) is 1.64. The van der Waals surface area contributed by atoms with E-state index in [2.05, 4.69) is 23.5 Å². The Hall–Kier alpha value is -4.36. The maximum atomic E-state index is 13.0. The number of carbonyl (C=O) groups is 3. The molecular formula is C31H26N2O4S. The Labute approximate surface area is 225 Å². The van der Waals surface area contributed by atoms with E-state index in [1.54, 1.807) is 12.1 Å². The average Bonchev–Trinajstić information content (AvgIpc) is 3.17. The highest BCUT2D eigenvalue weighted by Crippen LogP contribution is 2.34. The third-order valence-electron chi connectivity index (χ3n) is 6.43. The molecule has 0 aliphatic carbocycles. The van der Waals surface area contributed by atoms with Gasteiger partial charge in [0.2, 0.25) is 5.91 Å². The van der Waals surface area contributed by atoms with Crippen molar-refractivity contribution < 1.29 is 19.1 Å². The monoisotopic (exact) mass is 522 g/mol. The van der Waals surface area contributed by atoms with E-state index in [1.165, 1.54) is 0 Å². The number of nitrogens with zero attached hydrogens (tertiary/aromatic N) is 1. The number of thioether (sulfide) groups is 1. The third kappa shape index (κ3) is 5.48. The minimum atomic E-state index is -0.501. The van der Waals surface area contributed by atoms with Gasteiger partial charge in [-0.15, -0.1) is 0 Å². The zero-order valence-corrected chi connectivity index (χ0v) is 21.9. The molecular weight excluding hydrogens is 496 g/mol. The van der Waals surface area contributed by atoms with Crippen LogP contribution in [0.1, 0.15) is 22.3 Å². The van der Waals surface area contributed by atoms with Gasteiger partial charge in [0.25, 0.3) is 11.1 Å². The van der Waals surface area contributed by atoms with Crippen molar-refractivity contribution in [1.29, 1.82) is 0 Å². The van der Waals surface area contributed by atoms with E-state index < -0.39 is 17.1 Å². The van der Waals surface area contributed by atoms with Gasteiger partial charge in [0.1, 0.15) is 18.9 Å². The normalized spacial score (nSPS) is 14.4. The molecule has 0 unspecified atom stereocenters. The second-order valence-electron chi connectivity index (χ2n) is 9.08. The number of imide groups is 1. The van der Waals surface area contributed by atoms with Gasteiger partial charge in [-0.05, 0) is 77.3 Å². The zero-order valence-electron chi connectivity index (χ0n) is 21.1. The number of ether oxygens (including phenoxy) is 1. The van der Waals surface area contributed by atoms with Crippen LogP contribution in [0.25, 0.3) is 16.8 Å². The Morgan fingerprint density at radius 2 is 1.68 bits per heavy atom. The summed E-state index contributed by atoms with van der Waals surface area (Å²) in [6.45, 7) is 3.94. The Morgan fingerprint density at radius 3 is 2.53 bits per heavy atom. The summed E-state index contributed by atoms with van der Waals surface area (Å²) < 4.78 is 6.15. The summed E-state index contributed by atoms with van der Waals surface area (Å²) in [7, 11) is 0. The van der Waals surface area contributed by atoms with Gasteiger partial charge in [-0.25, -0.2) is 0 Å². The van der Waals surface area contributed by atoms with Gasteiger partial charge < -0.3 is 10.1 Å². The van der Waals surface area contributed by atoms with E-state index in [0.29, 0.717) is 23.6 Å². The van der Waals surface area contributed by atoms with E-state index in [9.17, 15) is 14.4 Å². The molecule has 4 aromatic rings. The third-order valence-corrected chi connectivity index (χ3v) is 7.34. The second-order valence-corrected chi connectivity index (χ2v) is 10.1. The fourth-order valence-electron chi connectivity index (χ4n) is 4.25. The zero-order chi connectivity index (χ0) is 26.6. The molecule has 1 aliphatic heterocycles. The van der Waals surface area contributed by atoms with Crippen LogP contribution in [0.5, 0.6) is 5.75 Å². The number of aryl methyl sites for hydroxylation is 2. The van der Waals surface area contributed by atoms with Crippen molar-refractivity contribution in [3.05, 3.63) is 112 Å². The number of hydrogen-bond acceptors (Lipinski definition) is 5. The summed E-state index contributed by atoms with van der Waals surface area (Å²) in [5.74, 6) is -0.338. The molecule has 0 saturated carbocycles. The lowest BCUT2D eigenvalue weighted by Gasteiger charge is -2.13. The first-order chi connectivity index (χ1) is 18.4. The molecule has 1 N–H and O–H groups in total. The first kappa shape index (κ1) is 25.3.